The Bertz CT molecular complexity index is 1630. The van der Waals surface area contributed by atoms with Crippen molar-refractivity contribution in [2.75, 3.05) is 13.2 Å². The number of allylic oxidation sites excluding steroid dienone is 4. The van der Waals surface area contributed by atoms with Gasteiger partial charge < -0.3 is 64.6 Å². The zero-order valence-electron chi connectivity index (χ0n) is 41.9. The normalized spacial score (nSPS) is 30.9. The molecule has 0 aromatic heterocycles. The monoisotopic (exact) mass is 1060 g/mol. The van der Waals surface area contributed by atoms with Gasteiger partial charge in [-0.3, -0.25) is 23.2 Å². The van der Waals surface area contributed by atoms with Crippen LogP contribution in [0.25, 0.3) is 0 Å². The van der Waals surface area contributed by atoms with E-state index in [2.05, 4.69) is 19.1 Å². The third-order valence-corrected chi connectivity index (χ3v) is 14.0. The van der Waals surface area contributed by atoms with Crippen molar-refractivity contribution in [3.63, 3.8) is 0 Å². The molecular weight excluding hydrogens is 970 g/mol. The van der Waals surface area contributed by atoms with E-state index >= 15 is 0 Å². The van der Waals surface area contributed by atoms with Gasteiger partial charge in [0.2, 0.25) is 0 Å². The molecule has 20 nitrogen and oxygen atoms in total. The van der Waals surface area contributed by atoms with Gasteiger partial charge >= 0.3 is 27.6 Å². The maximum Gasteiger partial charge on any atom is 0.472 e. The second-order valence-electron chi connectivity index (χ2n) is 18.8. The van der Waals surface area contributed by atoms with Crippen molar-refractivity contribution in [2.45, 2.75) is 242 Å². The number of hydrogen-bond acceptors (Lipinski definition) is 17. The molecule has 1 saturated heterocycles. The van der Waals surface area contributed by atoms with E-state index in [4.69, 9.17) is 27.8 Å². The van der Waals surface area contributed by atoms with Gasteiger partial charge in [-0.15, -0.1) is 0 Å². The fourth-order valence-corrected chi connectivity index (χ4v) is 9.89. The third-order valence-electron chi connectivity index (χ3n) is 12.5. The second kappa shape index (κ2) is 36.9. The lowest BCUT2D eigenvalue weighted by Gasteiger charge is -2.41. The summed E-state index contributed by atoms with van der Waals surface area (Å²) in [5, 5.41) is 79.1. The van der Waals surface area contributed by atoms with E-state index in [1.807, 2.05) is 6.92 Å². The van der Waals surface area contributed by atoms with E-state index in [0.717, 1.165) is 76.4 Å². The van der Waals surface area contributed by atoms with Gasteiger partial charge in [0.25, 0.3) is 0 Å². The minimum Gasteiger partial charge on any atom is -0.462 e. The molecular formula is C49H88O20P2. The third kappa shape index (κ3) is 29.1. The van der Waals surface area contributed by atoms with Crippen LogP contribution in [0.2, 0.25) is 0 Å². The van der Waals surface area contributed by atoms with Crippen molar-refractivity contribution >= 4 is 27.6 Å². The second-order valence-corrected chi connectivity index (χ2v) is 21.4. The first-order valence-electron chi connectivity index (χ1n) is 25.9. The average molecular weight is 1060 g/mol. The Kier molecular flexibility index (Phi) is 33.9. The van der Waals surface area contributed by atoms with Crippen LogP contribution in [0.15, 0.2) is 36.5 Å². The highest BCUT2D eigenvalue weighted by Crippen LogP contribution is 2.49. The molecule has 13 atom stereocenters. The maximum absolute atomic E-state index is 13.8. The summed E-state index contributed by atoms with van der Waals surface area (Å²) >= 11 is 0. The van der Waals surface area contributed by atoms with Crippen molar-refractivity contribution in [3.8, 4) is 0 Å². The number of ether oxygens (including phenoxy) is 3. The van der Waals surface area contributed by atoms with Gasteiger partial charge in [0.15, 0.2) is 12.4 Å². The molecule has 0 aromatic carbocycles. The Morgan fingerprint density at radius 3 is 2.06 bits per heavy atom. The van der Waals surface area contributed by atoms with Gasteiger partial charge in [-0.2, -0.15) is 0 Å². The van der Waals surface area contributed by atoms with Gasteiger partial charge in [0.1, 0.15) is 43.2 Å². The van der Waals surface area contributed by atoms with Crippen molar-refractivity contribution in [1.29, 1.82) is 0 Å². The smallest absolute Gasteiger partial charge is 0.462 e. The molecule has 0 spiro atoms. The molecule has 0 amide bonds. The largest absolute Gasteiger partial charge is 0.472 e. The van der Waals surface area contributed by atoms with Crippen LogP contribution in [0.4, 0.5) is 0 Å². The van der Waals surface area contributed by atoms with E-state index in [1.54, 1.807) is 6.08 Å². The SMILES string of the molecule is CCCCCCCC/C=C\CCCCCCCCCC(=O)O[C@@H]1COC(=O)CCCC=CC[C@@H]2[C@@H](O)[C@H](O)[C@@H](O)[C@H](OP(=O)(O)OC1)[C@H](OP(=O)(O)O)[C@H](O)[C@@H](/C=C/[C@@H](O)CCCCC)OC(O)C[C@@H]2O. The lowest BCUT2D eigenvalue weighted by Crippen LogP contribution is -2.58. The number of hydrogen-bond donors (Lipinski definition) is 10. The summed E-state index contributed by atoms with van der Waals surface area (Å²) in [4.78, 5) is 56.9. The fourth-order valence-electron chi connectivity index (χ4n) is 8.36. The molecule has 2 aliphatic rings. The summed E-state index contributed by atoms with van der Waals surface area (Å²) in [5.41, 5.74) is 0. The molecule has 0 saturated carbocycles. The van der Waals surface area contributed by atoms with Gasteiger partial charge in [-0.05, 0) is 57.8 Å². The number of esters is 2. The molecule has 414 valence electrons. The molecule has 0 aromatic rings. The Morgan fingerprint density at radius 1 is 0.817 bits per heavy atom. The van der Waals surface area contributed by atoms with Crippen molar-refractivity contribution in [3.05, 3.63) is 36.5 Å². The molecule has 22 heteroatoms. The van der Waals surface area contributed by atoms with Gasteiger partial charge in [-0.25, -0.2) is 9.13 Å². The van der Waals surface area contributed by atoms with Crippen LogP contribution in [0.5, 0.6) is 0 Å². The molecule has 2 unspecified atom stereocenters. The van der Waals surface area contributed by atoms with Crippen molar-refractivity contribution in [2.24, 2.45) is 5.92 Å². The summed E-state index contributed by atoms with van der Waals surface area (Å²) in [6.45, 7) is 2.54. The van der Waals surface area contributed by atoms with Gasteiger partial charge in [0.05, 0.1) is 24.9 Å². The zero-order valence-corrected chi connectivity index (χ0v) is 43.7. The topological polar surface area (TPSA) is 326 Å². The minimum atomic E-state index is -5.80. The predicted molar refractivity (Wildman–Crippen MR) is 263 cm³/mol. The number of rotatable bonds is 26. The van der Waals surface area contributed by atoms with E-state index in [9.17, 15) is 69.1 Å². The minimum absolute atomic E-state index is 0.0426. The van der Waals surface area contributed by atoms with Gasteiger partial charge in [0, 0.05) is 25.2 Å². The number of aliphatic hydroxyl groups excluding tert-OH is 7. The highest BCUT2D eigenvalue weighted by atomic mass is 31.2. The molecule has 2 aliphatic heterocycles. The first-order valence-corrected chi connectivity index (χ1v) is 29.0. The summed E-state index contributed by atoms with van der Waals surface area (Å²) in [7, 11) is -11.5. The van der Waals surface area contributed by atoms with E-state index in [-0.39, 0.29) is 38.5 Å². The summed E-state index contributed by atoms with van der Waals surface area (Å²) < 4.78 is 57.9. The number of carbonyl (C=O) groups excluding carboxylic acids is 2. The molecule has 2 rings (SSSR count). The lowest BCUT2D eigenvalue weighted by atomic mass is 9.83. The summed E-state index contributed by atoms with van der Waals surface area (Å²) in [6, 6.07) is 0. The Morgan fingerprint density at radius 2 is 1.42 bits per heavy atom. The first-order chi connectivity index (χ1) is 33.8. The highest BCUT2D eigenvalue weighted by molar-refractivity contribution is 7.47. The molecule has 71 heavy (non-hydrogen) atoms. The first kappa shape index (κ1) is 65.2. The molecule has 2 bridgehead atoms. The number of phosphoric ester groups is 2. The van der Waals surface area contributed by atoms with Crippen LogP contribution in [0.1, 0.15) is 174 Å². The van der Waals surface area contributed by atoms with Crippen LogP contribution in [0.3, 0.4) is 0 Å². The lowest BCUT2D eigenvalue weighted by molar-refractivity contribution is -0.210. The number of carbonyl (C=O) groups is 2. The van der Waals surface area contributed by atoms with Crippen molar-refractivity contribution in [1.82, 2.24) is 0 Å². The molecule has 10 N–H and O–H groups in total. The fraction of sp³-hybridized carbons (Fsp3) is 0.837. The standard InChI is InChI=1S/C49H88O20P2/c1-3-5-7-8-9-10-11-12-13-14-15-16-17-18-19-20-26-30-42(53)66-37-34-64-41(52)29-25-22-21-24-28-38-39(51)33-43(54)67-40(32-31-36(50)27-23-6-4-2)45(56)48(68-70(59,60)61)49(47(58)46(57)44(38)55)69-71(62,63)65-35-37/h12-13,21,24,31-32,36-40,43-51,54-58H,3-11,14-20,22-23,25-30,33-35H2,1-2H3,(H,62,63)(H2,59,60,61)/b13-12-,24-21?,32-31+/t36-,37+,38-,39-,40+,43?,44+,45+,46-,47+,48+,49-/m0/s1. The number of fused-ring (bicyclic) bond motifs is 4. The summed E-state index contributed by atoms with van der Waals surface area (Å²) in [5.74, 6) is -2.88. The highest BCUT2D eigenvalue weighted by Gasteiger charge is 2.50. The number of unbranched alkanes of at least 4 members (excludes halogenated alkanes) is 15. The number of cyclic esters (lactones) is 1. The molecule has 2 heterocycles. The predicted octanol–water partition coefficient (Wildman–Crippen LogP) is 6.39. The Labute approximate surface area is 420 Å². The quantitative estimate of drug-likeness (QED) is 0.0194. The van der Waals surface area contributed by atoms with Crippen molar-refractivity contribution < 1.29 is 96.9 Å². The maximum atomic E-state index is 13.8. The zero-order chi connectivity index (χ0) is 52.7. The Hall–Kier alpha value is -1.94. The van der Waals surface area contributed by atoms with Crippen LogP contribution < -0.4 is 0 Å². The molecule has 0 radical (unpaired) electrons. The van der Waals surface area contributed by atoms with E-state index in [1.165, 1.54) is 44.6 Å². The van der Waals surface area contributed by atoms with Crippen LogP contribution >= 0.6 is 15.6 Å². The molecule has 0 aliphatic carbocycles. The Balaban J connectivity index is 2.30. The van der Waals surface area contributed by atoms with Crippen LogP contribution in [-0.4, -0.2) is 143 Å². The number of phosphoric acid groups is 2. The van der Waals surface area contributed by atoms with Crippen LogP contribution in [-0.2, 0) is 46.5 Å². The average Bonchev–Trinajstić information content (AvgIpc) is 3.31. The summed E-state index contributed by atoms with van der Waals surface area (Å²) in [6.07, 6.45) is 4.38. The molecule has 1 fully saturated rings. The van der Waals surface area contributed by atoms with E-state index in [0.29, 0.717) is 12.8 Å². The van der Waals surface area contributed by atoms with Gasteiger partial charge in [-0.1, -0.05) is 134 Å². The number of aliphatic hydroxyl groups is 7. The van der Waals surface area contributed by atoms with Crippen LogP contribution in [0, 0.1) is 5.92 Å². The van der Waals surface area contributed by atoms with E-state index < -0.39 is 120 Å².